The Hall–Kier alpha value is -2.40. The minimum absolute atomic E-state index is 0.113. The molecule has 2 aromatic rings. The van der Waals surface area contributed by atoms with E-state index in [-0.39, 0.29) is 36.0 Å². The summed E-state index contributed by atoms with van der Waals surface area (Å²) in [7, 11) is 0. The van der Waals surface area contributed by atoms with E-state index in [9.17, 15) is 14.0 Å². The highest BCUT2D eigenvalue weighted by molar-refractivity contribution is 6.30. The van der Waals surface area contributed by atoms with Crippen LogP contribution in [0.5, 0.6) is 0 Å². The number of nitrogens with one attached hydrogen (secondary N) is 2. The number of hydrogen-bond donors (Lipinski definition) is 2. The van der Waals surface area contributed by atoms with E-state index in [1.165, 1.54) is 6.07 Å². The smallest absolute Gasteiger partial charge is 0.224 e. The van der Waals surface area contributed by atoms with Crippen LogP contribution in [0.15, 0.2) is 48.5 Å². The average Bonchev–Trinajstić information content (AvgIpc) is 3.42. The van der Waals surface area contributed by atoms with Crippen molar-refractivity contribution in [3.8, 4) is 0 Å². The van der Waals surface area contributed by atoms with Crippen LogP contribution in [0.25, 0.3) is 0 Å². The van der Waals surface area contributed by atoms with Gasteiger partial charge in [-0.3, -0.25) is 9.59 Å². The average molecular weight is 375 g/mol. The molecule has 2 N–H and O–H groups in total. The summed E-state index contributed by atoms with van der Waals surface area (Å²) in [5.41, 5.74) is 1.48. The first-order valence-corrected chi connectivity index (χ1v) is 8.95. The molecule has 2 atom stereocenters. The minimum Gasteiger partial charge on any atom is -0.356 e. The van der Waals surface area contributed by atoms with E-state index in [0.717, 1.165) is 5.56 Å². The van der Waals surface area contributed by atoms with Gasteiger partial charge < -0.3 is 10.6 Å². The molecule has 2 aromatic carbocycles. The van der Waals surface area contributed by atoms with Crippen LogP contribution in [0.3, 0.4) is 0 Å². The van der Waals surface area contributed by atoms with Crippen LogP contribution >= 0.6 is 11.6 Å². The second-order valence-electron chi connectivity index (χ2n) is 6.43. The zero-order valence-electron chi connectivity index (χ0n) is 14.2. The molecule has 136 valence electrons. The summed E-state index contributed by atoms with van der Waals surface area (Å²) in [5.74, 6) is -1.29. The van der Waals surface area contributed by atoms with Gasteiger partial charge in [-0.15, -0.1) is 0 Å². The molecule has 2 amide bonds. The molecule has 4 nitrogen and oxygen atoms in total. The highest BCUT2D eigenvalue weighted by Crippen LogP contribution is 2.38. The Morgan fingerprint density at radius 1 is 1.04 bits per heavy atom. The Balaban J connectivity index is 1.39. The lowest BCUT2D eigenvalue weighted by Gasteiger charge is -2.07. The Bertz CT molecular complexity index is 812. The molecule has 1 aliphatic carbocycles. The topological polar surface area (TPSA) is 58.2 Å². The van der Waals surface area contributed by atoms with Gasteiger partial charge in [-0.05, 0) is 36.6 Å². The molecule has 2 unspecified atom stereocenters. The molecule has 0 radical (unpaired) electrons. The fourth-order valence-electron chi connectivity index (χ4n) is 2.88. The minimum atomic E-state index is -0.348. The first-order chi connectivity index (χ1) is 12.5. The van der Waals surface area contributed by atoms with Crippen molar-refractivity contribution in [1.82, 2.24) is 10.6 Å². The first kappa shape index (κ1) is 18.4. The summed E-state index contributed by atoms with van der Waals surface area (Å²) >= 11 is 5.93. The van der Waals surface area contributed by atoms with Crippen LogP contribution in [0.4, 0.5) is 4.39 Å². The Morgan fingerprint density at radius 2 is 1.77 bits per heavy atom. The number of rotatable bonds is 7. The molecule has 0 aromatic heterocycles. The number of hydrogen-bond acceptors (Lipinski definition) is 2. The van der Waals surface area contributed by atoms with Crippen molar-refractivity contribution >= 4 is 23.4 Å². The Labute approximate surface area is 156 Å². The first-order valence-electron chi connectivity index (χ1n) is 8.58. The third-order valence-corrected chi connectivity index (χ3v) is 4.71. The summed E-state index contributed by atoms with van der Waals surface area (Å²) in [6.45, 7) is 0.629. The van der Waals surface area contributed by atoms with Gasteiger partial charge in [0, 0.05) is 23.7 Å². The number of halogens is 2. The van der Waals surface area contributed by atoms with Crippen LogP contribution in [0.1, 0.15) is 17.5 Å². The molecule has 0 heterocycles. The van der Waals surface area contributed by atoms with Gasteiger partial charge in [-0.1, -0.05) is 41.9 Å². The maximum atomic E-state index is 13.5. The quantitative estimate of drug-likeness (QED) is 0.782. The summed E-state index contributed by atoms with van der Waals surface area (Å²) in [5, 5.41) is 6.23. The highest BCUT2D eigenvalue weighted by atomic mass is 35.5. The van der Waals surface area contributed by atoms with Crippen molar-refractivity contribution < 1.29 is 14.0 Å². The lowest BCUT2D eigenvalue weighted by Crippen LogP contribution is -2.31. The Morgan fingerprint density at radius 3 is 2.50 bits per heavy atom. The van der Waals surface area contributed by atoms with E-state index >= 15 is 0 Å². The summed E-state index contributed by atoms with van der Waals surface area (Å²) in [6.07, 6.45) is 1.22. The monoisotopic (exact) mass is 374 g/mol. The number of amides is 2. The van der Waals surface area contributed by atoms with Crippen molar-refractivity contribution in [2.45, 2.75) is 19.4 Å². The van der Waals surface area contributed by atoms with E-state index < -0.39 is 0 Å². The molecule has 1 saturated carbocycles. The fourth-order valence-corrected chi connectivity index (χ4v) is 3.10. The van der Waals surface area contributed by atoms with Crippen molar-refractivity contribution in [3.63, 3.8) is 0 Å². The van der Waals surface area contributed by atoms with Crippen LogP contribution < -0.4 is 10.6 Å². The maximum Gasteiger partial charge on any atom is 0.224 e. The van der Waals surface area contributed by atoms with Crippen molar-refractivity contribution in [2.24, 2.45) is 11.8 Å². The van der Waals surface area contributed by atoms with Crippen LogP contribution in [-0.2, 0) is 22.6 Å². The molecular weight excluding hydrogens is 355 g/mol. The van der Waals surface area contributed by atoms with Gasteiger partial charge in [0.2, 0.25) is 11.8 Å². The maximum absolute atomic E-state index is 13.5. The van der Waals surface area contributed by atoms with Gasteiger partial charge in [0.1, 0.15) is 5.82 Å². The summed E-state index contributed by atoms with van der Waals surface area (Å²) in [4.78, 5) is 24.2. The SMILES string of the molecule is O=C(NCCc1cccc(Cl)c1)C1CC1C(=O)NCc1ccccc1F. The van der Waals surface area contributed by atoms with Gasteiger partial charge in [0.15, 0.2) is 0 Å². The number of benzene rings is 2. The third-order valence-electron chi connectivity index (χ3n) is 4.48. The van der Waals surface area contributed by atoms with E-state index in [1.54, 1.807) is 24.3 Å². The molecule has 0 saturated heterocycles. The van der Waals surface area contributed by atoms with Gasteiger partial charge in [-0.2, -0.15) is 0 Å². The van der Waals surface area contributed by atoms with Gasteiger partial charge in [0.25, 0.3) is 0 Å². The largest absolute Gasteiger partial charge is 0.356 e. The van der Waals surface area contributed by atoms with Crippen LogP contribution in [-0.4, -0.2) is 18.4 Å². The zero-order valence-corrected chi connectivity index (χ0v) is 14.9. The fraction of sp³-hybridized carbons (Fsp3) is 0.300. The normalized spacial score (nSPS) is 18.2. The standard InChI is InChI=1S/C20H20ClFN2O2/c21-15-6-3-4-13(10-15)8-9-23-19(25)16-11-17(16)20(26)24-12-14-5-1-2-7-18(14)22/h1-7,10,16-17H,8-9,11-12H2,(H,23,25)(H,24,26). The van der Waals surface area contributed by atoms with E-state index in [0.29, 0.717) is 30.0 Å². The number of carbonyl (C=O) groups excluding carboxylic acids is 2. The molecule has 0 bridgehead atoms. The molecular formula is C20H20ClFN2O2. The molecule has 0 aliphatic heterocycles. The molecule has 1 fully saturated rings. The van der Waals surface area contributed by atoms with Crippen LogP contribution in [0, 0.1) is 17.7 Å². The second-order valence-corrected chi connectivity index (χ2v) is 6.87. The summed E-state index contributed by atoms with van der Waals surface area (Å²) in [6, 6.07) is 13.8. The Kier molecular flexibility index (Phi) is 5.89. The molecule has 26 heavy (non-hydrogen) atoms. The van der Waals surface area contributed by atoms with Crippen molar-refractivity contribution in [3.05, 3.63) is 70.5 Å². The predicted molar refractivity (Wildman–Crippen MR) is 98.0 cm³/mol. The molecule has 6 heteroatoms. The molecule has 3 rings (SSSR count). The van der Waals surface area contributed by atoms with Crippen molar-refractivity contribution in [1.29, 1.82) is 0 Å². The van der Waals surface area contributed by atoms with Gasteiger partial charge in [0.05, 0.1) is 11.8 Å². The number of carbonyl (C=O) groups is 2. The van der Waals surface area contributed by atoms with E-state index in [2.05, 4.69) is 10.6 Å². The predicted octanol–water partition coefficient (Wildman–Crippen LogP) is 3.09. The van der Waals surface area contributed by atoms with Gasteiger partial charge in [-0.25, -0.2) is 4.39 Å². The lowest BCUT2D eigenvalue weighted by molar-refractivity contribution is -0.127. The second kappa shape index (κ2) is 8.32. The summed E-state index contributed by atoms with van der Waals surface area (Å²) < 4.78 is 13.5. The molecule has 0 spiro atoms. The van der Waals surface area contributed by atoms with E-state index in [4.69, 9.17) is 11.6 Å². The van der Waals surface area contributed by atoms with Crippen molar-refractivity contribution in [2.75, 3.05) is 6.54 Å². The third kappa shape index (κ3) is 4.82. The van der Waals surface area contributed by atoms with Gasteiger partial charge >= 0.3 is 0 Å². The van der Waals surface area contributed by atoms with Crippen LogP contribution in [0.2, 0.25) is 5.02 Å². The highest BCUT2D eigenvalue weighted by Gasteiger charge is 2.47. The van der Waals surface area contributed by atoms with E-state index in [1.807, 2.05) is 18.2 Å². The molecule has 1 aliphatic rings. The lowest BCUT2D eigenvalue weighted by atomic mass is 10.1. The zero-order chi connectivity index (χ0) is 18.5.